The molecule has 1 fully saturated rings. The number of nitrogens with two attached hydrogens (primary N) is 1. The summed E-state index contributed by atoms with van der Waals surface area (Å²) in [4.78, 5) is 14.5. The zero-order valence-electron chi connectivity index (χ0n) is 16.0. The maximum atomic E-state index is 12.2. The minimum Gasteiger partial charge on any atom is -0.490 e. The summed E-state index contributed by atoms with van der Waals surface area (Å²) in [6, 6.07) is 16.9. The van der Waals surface area contributed by atoms with Gasteiger partial charge in [0.05, 0.1) is 0 Å². The molecule has 0 saturated carbocycles. The largest absolute Gasteiger partial charge is 0.490 e. The highest BCUT2D eigenvalue weighted by Gasteiger charge is 2.18. The van der Waals surface area contributed by atoms with E-state index in [9.17, 15) is 4.79 Å². The van der Waals surface area contributed by atoms with Gasteiger partial charge in [0.2, 0.25) is 5.91 Å². The van der Waals surface area contributed by atoms with E-state index in [1.807, 2.05) is 54.6 Å². The van der Waals surface area contributed by atoms with E-state index in [1.54, 1.807) is 0 Å². The Morgan fingerprint density at radius 1 is 1.11 bits per heavy atom. The van der Waals surface area contributed by atoms with Gasteiger partial charge in [-0.05, 0) is 49.7 Å². The van der Waals surface area contributed by atoms with Crippen LogP contribution < -0.4 is 15.8 Å². The molecule has 1 saturated heterocycles. The maximum absolute atomic E-state index is 12.2. The molecule has 154 valence electrons. The van der Waals surface area contributed by atoms with E-state index in [-0.39, 0.29) is 49.3 Å². The van der Waals surface area contributed by atoms with E-state index >= 15 is 0 Å². The number of halogens is 2. The molecule has 0 radical (unpaired) electrons. The van der Waals surface area contributed by atoms with Gasteiger partial charge in [-0.25, -0.2) is 0 Å². The van der Waals surface area contributed by atoms with Gasteiger partial charge in [-0.15, -0.1) is 24.8 Å². The van der Waals surface area contributed by atoms with Crippen molar-refractivity contribution in [3.8, 4) is 5.75 Å². The van der Waals surface area contributed by atoms with Gasteiger partial charge in [0.25, 0.3) is 0 Å². The molecule has 0 bridgehead atoms. The van der Waals surface area contributed by atoms with Crippen LogP contribution >= 0.6 is 24.8 Å². The van der Waals surface area contributed by atoms with Crippen LogP contribution in [0.4, 0.5) is 5.69 Å². The van der Waals surface area contributed by atoms with Gasteiger partial charge in [-0.3, -0.25) is 4.79 Å². The predicted octanol–water partition coefficient (Wildman–Crippen LogP) is 4.03. The van der Waals surface area contributed by atoms with E-state index in [0.29, 0.717) is 0 Å². The molecule has 0 aliphatic carbocycles. The topological polar surface area (TPSA) is 67.6 Å². The number of nitrogens with zero attached hydrogens (tertiary/aromatic N) is 1. The summed E-state index contributed by atoms with van der Waals surface area (Å²) in [5.74, 6) is 0.754. The zero-order valence-corrected chi connectivity index (χ0v) is 17.7. The van der Waals surface area contributed by atoms with E-state index in [0.717, 1.165) is 42.9 Å². The Morgan fingerprint density at radius 3 is 2.32 bits per heavy atom. The Hall–Kier alpha value is -1.79. The van der Waals surface area contributed by atoms with Crippen LogP contribution in [-0.4, -0.2) is 37.0 Å². The number of amides is 1. The summed E-state index contributed by atoms with van der Waals surface area (Å²) in [5, 5.41) is 2.90. The molecule has 5 nitrogen and oxygen atoms in total. The van der Waals surface area contributed by atoms with E-state index in [1.165, 1.54) is 0 Å². The number of carbonyl (C=O) groups excluding carboxylic acids is 1. The van der Waals surface area contributed by atoms with Gasteiger partial charge in [0.1, 0.15) is 11.9 Å². The Morgan fingerprint density at radius 2 is 1.71 bits per heavy atom. The summed E-state index contributed by atoms with van der Waals surface area (Å²) in [6.45, 7) is 2.14. The molecule has 28 heavy (non-hydrogen) atoms. The number of carbonyl (C=O) groups is 1. The number of benzene rings is 2. The highest BCUT2D eigenvalue weighted by Crippen LogP contribution is 2.21. The zero-order chi connectivity index (χ0) is 18.4. The van der Waals surface area contributed by atoms with Gasteiger partial charge in [-0.2, -0.15) is 0 Å². The van der Waals surface area contributed by atoms with Gasteiger partial charge < -0.3 is 20.7 Å². The summed E-state index contributed by atoms with van der Waals surface area (Å²) in [5.41, 5.74) is 7.82. The Kier molecular flexibility index (Phi) is 10.3. The number of piperidine rings is 1. The van der Waals surface area contributed by atoms with E-state index in [2.05, 4.69) is 17.3 Å². The summed E-state index contributed by atoms with van der Waals surface area (Å²) >= 11 is 0. The average molecular weight is 426 g/mol. The van der Waals surface area contributed by atoms with Crippen molar-refractivity contribution in [1.29, 1.82) is 0 Å². The first-order chi connectivity index (χ1) is 12.6. The Bertz CT molecular complexity index is 705. The van der Waals surface area contributed by atoms with Gasteiger partial charge in [-0.1, -0.05) is 30.3 Å². The van der Waals surface area contributed by atoms with Crippen LogP contribution in [0, 0.1) is 0 Å². The third-order valence-corrected chi connectivity index (χ3v) is 4.74. The van der Waals surface area contributed by atoms with Crippen molar-refractivity contribution in [2.24, 2.45) is 5.73 Å². The van der Waals surface area contributed by atoms with Gasteiger partial charge in [0.15, 0.2) is 0 Å². The highest BCUT2D eigenvalue weighted by atomic mass is 35.5. The second kappa shape index (κ2) is 11.9. The number of hydrogen-bond acceptors (Lipinski definition) is 4. The Labute approximate surface area is 179 Å². The fraction of sp³-hybridized carbons (Fsp3) is 0.381. The first-order valence-electron chi connectivity index (χ1n) is 9.16. The minimum absolute atomic E-state index is 0. The quantitative estimate of drug-likeness (QED) is 0.732. The predicted molar refractivity (Wildman–Crippen MR) is 119 cm³/mol. The molecule has 0 aromatic heterocycles. The number of hydrogen-bond donors (Lipinski definition) is 2. The van der Waals surface area contributed by atoms with Crippen LogP contribution in [0.15, 0.2) is 54.6 Å². The number of rotatable bonds is 6. The molecule has 1 atom stereocenters. The molecule has 1 unspecified atom stereocenters. The average Bonchev–Trinajstić information content (AvgIpc) is 2.66. The molecular weight excluding hydrogens is 397 g/mol. The lowest BCUT2D eigenvalue weighted by Gasteiger charge is -2.29. The summed E-state index contributed by atoms with van der Waals surface area (Å²) in [6.07, 6.45) is 2.62. The smallest absolute Gasteiger partial charge is 0.226 e. The molecule has 1 amide bonds. The molecular formula is C21H29Cl2N3O2. The number of nitrogens with one attached hydrogen (secondary N) is 1. The monoisotopic (exact) mass is 425 g/mol. The number of ether oxygens (including phenoxy) is 1. The molecule has 1 heterocycles. The third-order valence-electron chi connectivity index (χ3n) is 4.74. The van der Waals surface area contributed by atoms with Crippen LogP contribution in [0.1, 0.15) is 30.9 Å². The normalized spacial score (nSPS) is 15.6. The van der Waals surface area contributed by atoms with Crippen LogP contribution in [0.2, 0.25) is 0 Å². The number of anilines is 1. The first kappa shape index (κ1) is 24.2. The van der Waals surface area contributed by atoms with Crippen molar-refractivity contribution in [2.45, 2.75) is 31.4 Å². The lowest BCUT2D eigenvalue weighted by atomic mass is 10.0. The van der Waals surface area contributed by atoms with Crippen molar-refractivity contribution >= 4 is 36.4 Å². The Balaban J connectivity index is 0.00000196. The van der Waals surface area contributed by atoms with Crippen LogP contribution in [0.25, 0.3) is 0 Å². The highest BCUT2D eigenvalue weighted by molar-refractivity contribution is 5.91. The summed E-state index contributed by atoms with van der Waals surface area (Å²) < 4.78 is 6.03. The second-order valence-corrected chi connectivity index (χ2v) is 6.91. The molecule has 2 aromatic rings. The van der Waals surface area contributed by atoms with Crippen molar-refractivity contribution in [3.05, 3.63) is 60.2 Å². The van der Waals surface area contributed by atoms with Crippen molar-refractivity contribution < 1.29 is 9.53 Å². The van der Waals surface area contributed by atoms with Crippen LogP contribution in [-0.2, 0) is 4.79 Å². The van der Waals surface area contributed by atoms with Gasteiger partial charge in [0, 0.05) is 31.2 Å². The number of likely N-dealkylation sites (tertiary alicyclic amines) is 1. The molecule has 0 spiro atoms. The van der Waals surface area contributed by atoms with Crippen LogP contribution in [0.3, 0.4) is 0 Å². The molecule has 1 aliphatic rings. The van der Waals surface area contributed by atoms with Crippen molar-refractivity contribution in [3.63, 3.8) is 0 Å². The summed E-state index contributed by atoms with van der Waals surface area (Å²) in [7, 11) is 2.14. The lowest BCUT2D eigenvalue weighted by Crippen LogP contribution is -2.35. The molecule has 2 aromatic carbocycles. The van der Waals surface area contributed by atoms with Crippen LogP contribution in [0.5, 0.6) is 5.75 Å². The third kappa shape index (κ3) is 7.32. The van der Waals surface area contributed by atoms with E-state index < -0.39 is 0 Å². The SMILES string of the molecule is CN1CCC(Oc2ccc(NC(=O)CC(N)c3ccccc3)cc2)CC1.Cl.Cl. The fourth-order valence-corrected chi connectivity index (χ4v) is 3.14. The molecule has 3 N–H and O–H groups in total. The second-order valence-electron chi connectivity index (χ2n) is 6.91. The lowest BCUT2D eigenvalue weighted by molar-refractivity contribution is -0.116. The van der Waals surface area contributed by atoms with Crippen molar-refractivity contribution in [1.82, 2.24) is 4.90 Å². The molecule has 7 heteroatoms. The van der Waals surface area contributed by atoms with E-state index in [4.69, 9.17) is 10.5 Å². The minimum atomic E-state index is -0.303. The maximum Gasteiger partial charge on any atom is 0.226 e. The molecule has 1 aliphatic heterocycles. The fourth-order valence-electron chi connectivity index (χ4n) is 3.14. The first-order valence-corrected chi connectivity index (χ1v) is 9.16. The van der Waals surface area contributed by atoms with Crippen molar-refractivity contribution in [2.75, 3.05) is 25.5 Å². The van der Waals surface area contributed by atoms with Gasteiger partial charge >= 0.3 is 0 Å². The standard InChI is InChI=1S/C21H27N3O2.2ClH/c1-24-13-11-19(12-14-24)26-18-9-7-17(8-10-18)23-21(25)15-20(22)16-5-3-2-4-6-16;;/h2-10,19-20H,11-15,22H2,1H3,(H,23,25);2*1H. The molecule has 3 rings (SSSR count).